The van der Waals surface area contributed by atoms with Crippen LogP contribution in [0, 0.1) is 5.92 Å². The number of aliphatic hydroxyl groups excluding tert-OH is 1. The van der Waals surface area contributed by atoms with Crippen molar-refractivity contribution in [2.24, 2.45) is 13.0 Å². The summed E-state index contributed by atoms with van der Waals surface area (Å²) in [6.45, 7) is 5.84. The molecule has 1 saturated heterocycles. The second-order valence-electron chi connectivity index (χ2n) is 6.56. The number of hydrogen-bond donors (Lipinski definition) is 2. The first kappa shape index (κ1) is 15.8. The molecule has 2 aromatic rings. The van der Waals surface area contributed by atoms with Gasteiger partial charge in [-0.2, -0.15) is 4.98 Å². The van der Waals surface area contributed by atoms with Crippen LogP contribution in [0.1, 0.15) is 26.7 Å². The zero-order chi connectivity index (χ0) is 16.7. The molecule has 1 aliphatic heterocycles. The van der Waals surface area contributed by atoms with E-state index in [9.17, 15) is 14.7 Å². The first-order valence-corrected chi connectivity index (χ1v) is 8.01. The highest BCUT2D eigenvalue weighted by Crippen LogP contribution is 2.25. The van der Waals surface area contributed by atoms with Crippen LogP contribution in [0.15, 0.2) is 9.59 Å². The van der Waals surface area contributed by atoms with Gasteiger partial charge in [0.1, 0.15) is 0 Å². The Bertz CT molecular complexity index is 832. The van der Waals surface area contributed by atoms with E-state index in [0.29, 0.717) is 23.0 Å². The molecule has 2 aromatic heterocycles. The number of hydrogen-bond acceptors (Lipinski definition) is 5. The Kier molecular flexibility index (Phi) is 4.01. The topological polar surface area (TPSA) is 96.2 Å². The minimum atomic E-state index is -0.620. The lowest BCUT2D eigenvalue weighted by Gasteiger charge is -2.32. The zero-order valence-corrected chi connectivity index (χ0v) is 13.7. The summed E-state index contributed by atoms with van der Waals surface area (Å²) >= 11 is 0. The lowest BCUT2D eigenvalue weighted by Crippen LogP contribution is -2.36. The maximum atomic E-state index is 12.3. The summed E-state index contributed by atoms with van der Waals surface area (Å²) in [5.41, 5.74) is -0.260. The molecule has 8 nitrogen and oxygen atoms in total. The van der Waals surface area contributed by atoms with Crippen LogP contribution in [0.3, 0.4) is 0 Å². The van der Waals surface area contributed by atoms with E-state index in [1.165, 1.54) is 11.0 Å². The second kappa shape index (κ2) is 5.84. The van der Waals surface area contributed by atoms with E-state index in [1.807, 2.05) is 0 Å². The summed E-state index contributed by atoms with van der Waals surface area (Å²) in [7, 11) is 1.59. The van der Waals surface area contributed by atoms with Crippen molar-refractivity contribution in [2.75, 3.05) is 18.0 Å². The molecule has 1 aliphatic rings. The number of aromatic nitrogens is 4. The van der Waals surface area contributed by atoms with Crippen molar-refractivity contribution < 1.29 is 5.11 Å². The average Bonchev–Trinajstić information content (AvgIpc) is 2.84. The van der Waals surface area contributed by atoms with Gasteiger partial charge in [-0.3, -0.25) is 14.3 Å². The Morgan fingerprint density at radius 2 is 2.17 bits per heavy atom. The standard InChI is InChI=1S/C15H23N5O3/c1-9-5-4-6-19(7-9)14-16-12-11(20(14)8-10(2)21)13(22)17-15(23)18(12)3/h9-10,21H,4-8H2,1-3H3,(H,17,22,23)/t9-,10+/m1/s1. The van der Waals surface area contributed by atoms with Crippen LogP contribution in [0.4, 0.5) is 5.95 Å². The van der Waals surface area contributed by atoms with Gasteiger partial charge in [0.25, 0.3) is 5.56 Å². The van der Waals surface area contributed by atoms with Crippen molar-refractivity contribution in [3.05, 3.63) is 20.8 Å². The van der Waals surface area contributed by atoms with E-state index in [2.05, 4.69) is 21.8 Å². The predicted molar refractivity (Wildman–Crippen MR) is 87.9 cm³/mol. The summed E-state index contributed by atoms with van der Waals surface area (Å²) < 4.78 is 3.07. The highest BCUT2D eigenvalue weighted by Gasteiger charge is 2.25. The van der Waals surface area contributed by atoms with Gasteiger partial charge in [-0.05, 0) is 25.7 Å². The van der Waals surface area contributed by atoms with Crippen molar-refractivity contribution in [1.29, 1.82) is 0 Å². The molecule has 0 saturated carbocycles. The predicted octanol–water partition coefficient (Wildman–Crippen LogP) is 0.0404. The first-order valence-electron chi connectivity index (χ1n) is 8.01. The van der Waals surface area contributed by atoms with Crippen LogP contribution in [0.2, 0.25) is 0 Å². The molecule has 0 bridgehead atoms. The quantitative estimate of drug-likeness (QED) is 0.832. The van der Waals surface area contributed by atoms with Gasteiger partial charge in [0, 0.05) is 20.1 Å². The summed E-state index contributed by atoms with van der Waals surface area (Å²) in [4.78, 5) is 33.1. The number of nitrogens with zero attached hydrogens (tertiary/aromatic N) is 4. The molecule has 126 valence electrons. The molecule has 0 spiro atoms. The molecule has 8 heteroatoms. The summed E-state index contributed by atoms with van der Waals surface area (Å²) in [5, 5.41) is 9.83. The maximum absolute atomic E-state index is 12.3. The lowest BCUT2D eigenvalue weighted by atomic mass is 10.0. The molecule has 0 amide bonds. The van der Waals surface area contributed by atoms with E-state index in [-0.39, 0.29) is 6.54 Å². The van der Waals surface area contributed by atoms with Crippen molar-refractivity contribution in [2.45, 2.75) is 39.3 Å². The van der Waals surface area contributed by atoms with Gasteiger partial charge < -0.3 is 14.6 Å². The van der Waals surface area contributed by atoms with Crippen molar-refractivity contribution >= 4 is 17.1 Å². The van der Waals surface area contributed by atoms with Gasteiger partial charge >= 0.3 is 5.69 Å². The van der Waals surface area contributed by atoms with Crippen LogP contribution in [-0.4, -0.2) is 43.4 Å². The van der Waals surface area contributed by atoms with Crippen LogP contribution < -0.4 is 16.1 Å². The Balaban J connectivity index is 2.23. The Hall–Kier alpha value is -2.09. The number of aliphatic hydroxyl groups is 1. The fraction of sp³-hybridized carbons (Fsp3) is 0.667. The van der Waals surface area contributed by atoms with Gasteiger partial charge in [-0.15, -0.1) is 0 Å². The number of rotatable bonds is 3. The summed E-state index contributed by atoms with van der Waals surface area (Å²) in [5.74, 6) is 1.20. The number of anilines is 1. The molecule has 1 fully saturated rings. The number of piperidine rings is 1. The van der Waals surface area contributed by atoms with Gasteiger partial charge in [0.2, 0.25) is 5.95 Å². The van der Waals surface area contributed by atoms with Gasteiger partial charge in [0.15, 0.2) is 11.2 Å². The first-order chi connectivity index (χ1) is 10.9. The van der Waals surface area contributed by atoms with Gasteiger partial charge in [0.05, 0.1) is 12.6 Å². The van der Waals surface area contributed by atoms with Crippen molar-refractivity contribution in [3.8, 4) is 0 Å². The lowest BCUT2D eigenvalue weighted by molar-refractivity contribution is 0.175. The fourth-order valence-electron chi connectivity index (χ4n) is 3.27. The SMILES string of the molecule is C[C@@H]1CCCN(c2nc3c(c(=O)[nH]c(=O)n3C)n2C[C@H](C)O)C1. The molecular formula is C15H23N5O3. The Labute approximate surface area is 133 Å². The highest BCUT2D eigenvalue weighted by molar-refractivity contribution is 5.74. The van der Waals surface area contributed by atoms with Gasteiger partial charge in [-0.1, -0.05) is 6.92 Å². The Morgan fingerprint density at radius 1 is 1.43 bits per heavy atom. The smallest absolute Gasteiger partial charge is 0.329 e. The van der Waals surface area contributed by atoms with E-state index in [4.69, 9.17) is 0 Å². The summed E-state index contributed by atoms with van der Waals surface area (Å²) in [6.07, 6.45) is 1.62. The number of aromatic amines is 1. The normalized spacial score (nSPS) is 20.2. The number of imidazole rings is 1. The average molecular weight is 321 g/mol. The minimum absolute atomic E-state index is 0.262. The van der Waals surface area contributed by atoms with E-state index >= 15 is 0 Å². The van der Waals surface area contributed by atoms with Crippen LogP contribution >= 0.6 is 0 Å². The molecule has 3 rings (SSSR count). The molecule has 23 heavy (non-hydrogen) atoms. The molecular weight excluding hydrogens is 298 g/mol. The second-order valence-corrected chi connectivity index (χ2v) is 6.56. The van der Waals surface area contributed by atoms with Crippen molar-refractivity contribution in [1.82, 2.24) is 19.1 Å². The van der Waals surface area contributed by atoms with Crippen LogP contribution in [-0.2, 0) is 13.6 Å². The Morgan fingerprint density at radius 3 is 2.83 bits per heavy atom. The highest BCUT2D eigenvalue weighted by atomic mass is 16.3. The maximum Gasteiger partial charge on any atom is 0.329 e. The monoisotopic (exact) mass is 321 g/mol. The molecule has 0 radical (unpaired) electrons. The number of H-pyrrole nitrogens is 1. The molecule has 2 atom stereocenters. The third-order valence-corrected chi connectivity index (χ3v) is 4.37. The van der Waals surface area contributed by atoms with E-state index < -0.39 is 17.4 Å². The molecule has 0 aliphatic carbocycles. The molecule has 0 aromatic carbocycles. The van der Waals surface area contributed by atoms with Crippen LogP contribution in [0.5, 0.6) is 0 Å². The van der Waals surface area contributed by atoms with Crippen molar-refractivity contribution in [3.63, 3.8) is 0 Å². The largest absolute Gasteiger partial charge is 0.392 e. The van der Waals surface area contributed by atoms with Gasteiger partial charge in [-0.25, -0.2) is 4.79 Å². The molecule has 2 N–H and O–H groups in total. The fourth-order valence-corrected chi connectivity index (χ4v) is 3.27. The summed E-state index contributed by atoms with van der Waals surface area (Å²) in [6, 6.07) is 0. The molecule has 3 heterocycles. The number of aryl methyl sites for hydroxylation is 1. The molecule has 0 unspecified atom stereocenters. The third-order valence-electron chi connectivity index (χ3n) is 4.37. The zero-order valence-electron chi connectivity index (χ0n) is 13.7. The minimum Gasteiger partial charge on any atom is -0.392 e. The van der Waals surface area contributed by atoms with E-state index in [0.717, 1.165) is 19.5 Å². The number of fused-ring (bicyclic) bond motifs is 1. The number of nitrogens with one attached hydrogen (secondary N) is 1. The third kappa shape index (κ3) is 2.78. The van der Waals surface area contributed by atoms with E-state index in [1.54, 1.807) is 18.5 Å². The van der Waals surface area contributed by atoms with Crippen LogP contribution in [0.25, 0.3) is 11.2 Å².